The monoisotopic (exact) mass is 271 g/mol. The van der Waals surface area contributed by atoms with E-state index in [2.05, 4.69) is 12.2 Å². The van der Waals surface area contributed by atoms with Gasteiger partial charge in [-0.05, 0) is 43.4 Å². The van der Waals surface area contributed by atoms with Gasteiger partial charge in [-0.2, -0.15) is 0 Å². The molecule has 0 heterocycles. The molecular formula is C14H19Cl2N. The Hall–Kier alpha value is -0.400. The Morgan fingerprint density at radius 1 is 1.12 bits per heavy atom. The van der Waals surface area contributed by atoms with Crippen molar-refractivity contribution < 1.29 is 0 Å². The second kappa shape index (κ2) is 5.97. The van der Waals surface area contributed by atoms with Crippen LogP contribution in [0.5, 0.6) is 0 Å². The second-order valence-electron chi connectivity index (χ2n) is 5.08. The lowest BCUT2D eigenvalue weighted by Crippen LogP contribution is -2.18. The summed E-state index contributed by atoms with van der Waals surface area (Å²) in [5, 5.41) is 4.95. The van der Waals surface area contributed by atoms with Crippen molar-refractivity contribution in [2.45, 2.75) is 45.1 Å². The van der Waals surface area contributed by atoms with Gasteiger partial charge in [-0.1, -0.05) is 43.0 Å². The molecule has 0 radical (unpaired) electrons. The van der Waals surface area contributed by atoms with E-state index in [0.29, 0.717) is 11.1 Å². The third kappa shape index (κ3) is 3.79. The third-order valence-electron chi connectivity index (χ3n) is 3.55. The smallest absolute Gasteiger partial charge is 0.0652 e. The average molecular weight is 272 g/mol. The molecule has 1 aliphatic carbocycles. The van der Waals surface area contributed by atoms with Crippen LogP contribution < -0.4 is 5.32 Å². The molecule has 2 atom stereocenters. The van der Waals surface area contributed by atoms with Gasteiger partial charge in [0.05, 0.1) is 10.7 Å². The SMILES string of the molecule is CC1CCCC(Nc2ccc(Cl)cc2Cl)CC1. The van der Waals surface area contributed by atoms with Crippen LogP contribution in [0.25, 0.3) is 0 Å². The molecule has 0 amide bonds. The average Bonchev–Trinajstić information content (AvgIpc) is 2.48. The highest BCUT2D eigenvalue weighted by molar-refractivity contribution is 6.36. The van der Waals surface area contributed by atoms with Crippen LogP contribution >= 0.6 is 23.2 Å². The Labute approximate surface area is 114 Å². The number of benzene rings is 1. The van der Waals surface area contributed by atoms with Gasteiger partial charge in [0.1, 0.15) is 0 Å². The van der Waals surface area contributed by atoms with Gasteiger partial charge in [0.25, 0.3) is 0 Å². The number of hydrogen-bond donors (Lipinski definition) is 1. The minimum absolute atomic E-state index is 0.554. The van der Waals surface area contributed by atoms with Gasteiger partial charge in [0, 0.05) is 11.1 Å². The Balaban J connectivity index is 2.00. The van der Waals surface area contributed by atoms with Crippen molar-refractivity contribution >= 4 is 28.9 Å². The number of anilines is 1. The summed E-state index contributed by atoms with van der Waals surface area (Å²) in [6.07, 6.45) is 6.45. The predicted octanol–water partition coefficient (Wildman–Crippen LogP) is 5.37. The molecule has 0 bridgehead atoms. The van der Waals surface area contributed by atoms with Crippen LogP contribution in [-0.4, -0.2) is 6.04 Å². The first-order valence-electron chi connectivity index (χ1n) is 6.37. The zero-order valence-electron chi connectivity index (χ0n) is 10.2. The standard InChI is InChI=1S/C14H19Cl2N/c1-10-3-2-4-12(7-5-10)17-14-8-6-11(15)9-13(14)16/h6,8-10,12,17H,2-5,7H2,1H3. The van der Waals surface area contributed by atoms with E-state index in [1.165, 1.54) is 32.1 Å². The first-order valence-corrected chi connectivity index (χ1v) is 7.12. The zero-order valence-corrected chi connectivity index (χ0v) is 11.7. The van der Waals surface area contributed by atoms with Crippen molar-refractivity contribution in [3.8, 4) is 0 Å². The summed E-state index contributed by atoms with van der Waals surface area (Å²) < 4.78 is 0. The fourth-order valence-corrected chi connectivity index (χ4v) is 2.92. The Morgan fingerprint density at radius 3 is 2.71 bits per heavy atom. The van der Waals surface area contributed by atoms with Crippen LogP contribution in [0.1, 0.15) is 39.0 Å². The summed E-state index contributed by atoms with van der Waals surface area (Å²) >= 11 is 12.1. The van der Waals surface area contributed by atoms with E-state index in [9.17, 15) is 0 Å². The highest BCUT2D eigenvalue weighted by atomic mass is 35.5. The van der Waals surface area contributed by atoms with Gasteiger partial charge >= 0.3 is 0 Å². The summed E-state index contributed by atoms with van der Waals surface area (Å²) in [7, 11) is 0. The minimum Gasteiger partial charge on any atom is -0.381 e. The quantitative estimate of drug-likeness (QED) is 0.713. The maximum atomic E-state index is 6.17. The highest BCUT2D eigenvalue weighted by Gasteiger charge is 2.16. The third-order valence-corrected chi connectivity index (χ3v) is 4.10. The number of halogens is 2. The Morgan fingerprint density at radius 2 is 1.94 bits per heavy atom. The first kappa shape index (κ1) is 13.0. The van der Waals surface area contributed by atoms with E-state index in [1.807, 2.05) is 12.1 Å². The van der Waals surface area contributed by atoms with Crippen molar-refractivity contribution in [1.29, 1.82) is 0 Å². The Kier molecular flexibility index (Phi) is 4.58. The topological polar surface area (TPSA) is 12.0 Å². The molecular weight excluding hydrogens is 253 g/mol. The number of rotatable bonds is 2. The van der Waals surface area contributed by atoms with Crippen molar-refractivity contribution in [2.75, 3.05) is 5.32 Å². The molecule has 2 unspecified atom stereocenters. The fraction of sp³-hybridized carbons (Fsp3) is 0.571. The molecule has 1 fully saturated rings. The van der Waals surface area contributed by atoms with E-state index < -0.39 is 0 Å². The maximum absolute atomic E-state index is 6.17. The molecule has 0 aliphatic heterocycles. The van der Waals surface area contributed by atoms with Gasteiger partial charge in [0.2, 0.25) is 0 Å². The van der Waals surface area contributed by atoms with Crippen LogP contribution in [0, 0.1) is 5.92 Å². The molecule has 1 aliphatic rings. The van der Waals surface area contributed by atoms with E-state index in [4.69, 9.17) is 23.2 Å². The largest absolute Gasteiger partial charge is 0.381 e. The van der Waals surface area contributed by atoms with Crippen LogP contribution in [0.2, 0.25) is 10.0 Å². The van der Waals surface area contributed by atoms with E-state index in [0.717, 1.165) is 16.6 Å². The van der Waals surface area contributed by atoms with Crippen molar-refractivity contribution in [2.24, 2.45) is 5.92 Å². The number of hydrogen-bond acceptors (Lipinski definition) is 1. The van der Waals surface area contributed by atoms with E-state index in [1.54, 1.807) is 6.07 Å². The molecule has 0 aromatic heterocycles. The Bertz CT molecular complexity index is 378. The van der Waals surface area contributed by atoms with Crippen LogP contribution in [0.3, 0.4) is 0 Å². The lowest BCUT2D eigenvalue weighted by atomic mass is 10.0. The fourth-order valence-electron chi connectivity index (χ4n) is 2.46. The normalized spacial score (nSPS) is 25.4. The molecule has 1 nitrogen and oxygen atoms in total. The van der Waals surface area contributed by atoms with E-state index >= 15 is 0 Å². The van der Waals surface area contributed by atoms with Gasteiger partial charge in [-0.3, -0.25) is 0 Å². The maximum Gasteiger partial charge on any atom is 0.0652 e. The van der Waals surface area contributed by atoms with Gasteiger partial charge < -0.3 is 5.32 Å². The summed E-state index contributed by atoms with van der Waals surface area (Å²) in [4.78, 5) is 0. The lowest BCUT2D eigenvalue weighted by Gasteiger charge is -2.18. The van der Waals surface area contributed by atoms with Crippen LogP contribution in [-0.2, 0) is 0 Å². The van der Waals surface area contributed by atoms with Crippen molar-refractivity contribution in [3.05, 3.63) is 28.2 Å². The first-order chi connectivity index (χ1) is 8.15. The van der Waals surface area contributed by atoms with E-state index in [-0.39, 0.29) is 0 Å². The molecule has 2 rings (SSSR count). The van der Waals surface area contributed by atoms with Crippen LogP contribution in [0.4, 0.5) is 5.69 Å². The zero-order chi connectivity index (χ0) is 12.3. The molecule has 0 spiro atoms. The predicted molar refractivity (Wildman–Crippen MR) is 76.1 cm³/mol. The van der Waals surface area contributed by atoms with Gasteiger partial charge in [0.15, 0.2) is 0 Å². The molecule has 1 aromatic rings. The lowest BCUT2D eigenvalue weighted by molar-refractivity contribution is 0.502. The molecule has 94 valence electrons. The highest BCUT2D eigenvalue weighted by Crippen LogP contribution is 2.29. The summed E-state index contributed by atoms with van der Waals surface area (Å²) in [6.45, 7) is 2.34. The van der Waals surface area contributed by atoms with Crippen LogP contribution in [0.15, 0.2) is 18.2 Å². The summed E-state index contributed by atoms with van der Waals surface area (Å²) in [5.74, 6) is 0.863. The van der Waals surface area contributed by atoms with Crippen molar-refractivity contribution in [3.63, 3.8) is 0 Å². The minimum atomic E-state index is 0.554. The summed E-state index contributed by atoms with van der Waals surface area (Å²) in [6, 6.07) is 6.21. The van der Waals surface area contributed by atoms with Gasteiger partial charge in [-0.15, -0.1) is 0 Å². The molecule has 17 heavy (non-hydrogen) atoms. The molecule has 3 heteroatoms. The molecule has 0 saturated heterocycles. The number of nitrogens with one attached hydrogen (secondary N) is 1. The van der Waals surface area contributed by atoms with Crippen molar-refractivity contribution in [1.82, 2.24) is 0 Å². The van der Waals surface area contributed by atoms with Gasteiger partial charge in [-0.25, -0.2) is 0 Å². The second-order valence-corrected chi connectivity index (χ2v) is 5.92. The molecule has 1 N–H and O–H groups in total. The summed E-state index contributed by atoms with van der Waals surface area (Å²) in [5.41, 5.74) is 1.01. The molecule has 1 aromatic carbocycles. The molecule has 1 saturated carbocycles.